The number of para-hydroxylation sites is 1. The summed E-state index contributed by atoms with van der Waals surface area (Å²) >= 11 is 0. The maximum absolute atomic E-state index is 12.1. The number of aliphatic hydroxyl groups excluding tert-OH is 1. The Kier molecular flexibility index (Phi) is 4.41. The summed E-state index contributed by atoms with van der Waals surface area (Å²) in [6.45, 7) is 0.777. The fourth-order valence-electron chi connectivity index (χ4n) is 1.97. The van der Waals surface area contributed by atoms with Crippen LogP contribution in [0.1, 0.15) is 16.8 Å². The molecule has 0 spiro atoms. The van der Waals surface area contributed by atoms with Crippen molar-refractivity contribution in [1.29, 1.82) is 0 Å². The van der Waals surface area contributed by atoms with Crippen molar-refractivity contribution in [2.45, 2.75) is 12.5 Å². The van der Waals surface area contributed by atoms with Gasteiger partial charge in [0, 0.05) is 19.6 Å². The molecule has 4 N–H and O–H groups in total. The Bertz CT molecular complexity index is 517. The van der Waals surface area contributed by atoms with Gasteiger partial charge in [-0.2, -0.15) is 0 Å². The lowest BCUT2D eigenvalue weighted by atomic mass is 10.1. The second-order valence-corrected chi connectivity index (χ2v) is 4.33. The van der Waals surface area contributed by atoms with E-state index in [9.17, 15) is 9.59 Å². The number of carboxylic acids is 1. The molecule has 0 saturated heterocycles. The molecule has 1 aromatic rings. The van der Waals surface area contributed by atoms with Crippen LogP contribution in [-0.4, -0.2) is 47.9 Å². The summed E-state index contributed by atoms with van der Waals surface area (Å²) in [5.41, 5.74) is 0.983. The highest BCUT2D eigenvalue weighted by Gasteiger charge is 2.24. The molecule has 2 rings (SSSR count). The van der Waals surface area contributed by atoms with E-state index in [0.717, 1.165) is 0 Å². The van der Waals surface area contributed by atoms with Gasteiger partial charge in [-0.05, 0) is 12.1 Å². The molecule has 1 aromatic carbocycles. The quantitative estimate of drug-likeness (QED) is 0.607. The van der Waals surface area contributed by atoms with Crippen molar-refractivity contribution in [3.05, 3.63) is 23.8 Å². The van der Waals surface area contributed by atoms with Crippen molar-refractivity contribution < 1.29 is 24.5 Å². The van der Waals surface area contributed by atoms with Gasteiger partial charge in [-0.15, -0.1) is 0 Å². The Morgan fingerprint density at radius 1 is 1.45 bits per heavy atom. The average Bonchev–Trinajstić information content (AvgIpc) is 2.46. The van der Waals surface area contributed by atoms with Crippen LogP contribution in [0, 0.1) is 0 Å². The fourth-order valence-corrected chi connectivity index (χ4v) is 1.97. The Morgan fingerprint density at radius 3 is 2.95 bits per heavy atom. The highest BCUT2D eigenvalue weighted by atomic mass is 16.5. The van der Waals surface area contributed by atoms with E-state index < -0.39 is 17.9 Å². The van der Waals surface area contributed by atoms with E-state index in [4.69, 9.17) is 14.9 Å². The van der Waals surface area contributed by atoms with Crippen LogP contribution in [0.2, 0.25) is 0 Å². The van der Waals surface area contributed by atoms with Gasteiger partial charge in [0.15, 0.2) is 5.75 Å². The third-order valence-corrected chi connectivity index (χ3v) is 2.94. The molecule has 0 aromatic heterocycles. The van der Waals surface area contributed by atoms with Gasteiger partial charge in [-0.25, -0.2) is 4.79 Å². The molecule has 1 heterocycles. The zero-order valence-corrected chi connectivity index (χ0v) is 10.8. The Hall–Kier alpha value is -2.28. The first-order valence-electron chi connectivity index (χ1n) is 6.27. The number of nitrogens with one attached hydrogen (secondary N) is 2. The van der Waals surface area contributed by atoms with Crippen LogP contribution in [0.5, 0.6) is 5.75 Å². The van der Waals surface area contributed by atoms with E-state index in [0.29, 0.717) is 24.6 Å². The van der Waals surface area contributed by atoms with Gasteiger partial charge >= 0.3 is 5.97 Å². The molecule has 0 saturated carbocycles. The molecule has 1 aliphatic rings. The summed E-state index contributed by atoms with van der Waals surface area (Å²) in [6, 6.07) is 3.92. The number of carbonyl (C=O) groups excluding carboxylic acids is 1. The van der Waals surface area contributed by atoms with Gasteiger partial charge in [-0.1, -0.05) is 6.07 Å². The van der Waals surface area contributed by atoms with Crippen molar-refractivity contribution in [2.24, 2.45) is 0 Å². The normalized spacial score (nSPS) is 14.4. The smallest absolute Gasteiger partial charge is 0.326 e. The van der Waals surface area contributed by atoms with E-state index >= 15 is 0 Å². The van der Waals surface area contributed by atoms with E-state index in [2.05, 4.69) is 10.6 Å². The number of carboxylic acid groups (broad SMARTS) is 1. The van der Waals surface area contributed by atoms with Gasteiger partial charge in [0.25, 0.3) is 5.91 Å². The summed E-state index contributed by atoms with van der Waals surface area (Å²) in [6.07, 6.45) is -0.0464. The average molecular weight is 280 g/mol. The van der Waals surface area contributed by atoms with Gasteiger partial charge < -0.3 is 25.6 Å². The van der Waals surface area contributed by atoms with Crippen molar-refractivity contribution in [1.82, 2.24) is 5.32 Å². The van der Waals surface area contributed by atoms with Gasteiger partial charge in [-0.3, -0.25) is 4.79 Å². The highest BCUT2D eigenvalue weighted by molar-refractivity contribution is 6.00. The number of aliphatic hydroxyl groups is 1. The van der Waals surface area contributed by atoms with Gasteiger partial charge in [0.2, 0.25) is 0 Å². The monoisotopic (exact) mass is 280 g/mol. The summed E-state index contributed by atoms with van der Waals surface area (Å²) in [4.78, 5) is 23.1. The summed E-state index contributed by atoms with van der Waals surface area (Å²) in [5, 5.41) is 23.3. The third kappa shape index (κ3) is 3.00. The predicted octanol–water partition coefficient (Wildman–Crippen LogP) is 0.0563. The van der Waals surface area contributed by atoms with Crippen molar-refractivity contribution in [3.63, 3.8) is 0 Å². The van der Waals surface area contributed by atoms with Crippen LogP contribution in [0.25, 0.3) is 0 Å². The number of benzene rings is 1. The fraction of sp³-hybridized carbons (Fsp3) is 0.385. The Morgan fingerprint density at radius 2 is 2.25 bits per heavy atom. The molecule has 0 fully saturated rings. The zero-order chi connectivity index (χ0) is 14.5. The molecule has 0 aliphatic carbocycles. The number of fused-ring (bicyclic) bond motifs is 1. The van der Waals surface area contributed by atoms with E-state index in [1.807, 2.05) is 0 Å². The van der Waals surface area contributed by atoms with Crippen LogP contribution in [0.3, 0.4) is 0 Å². The summed E-state index contributed by atoms with van der Waals surface area (Å²) in [7, 11) is 0. The lowest BCUT2D eigenvalue weighted by Gasteiger charge is -2.22. The first-order chi connectivity index (χ1) is 9.63. The first-order valence-corrected chi connectivity index (χ1v) is 6.27. The van der Waals surface area contributed by atoms with Crippen LogP contribution in [0.4, 0.5) is 5.69 Å². The second-order valence-electron chi connectivity index (χ2n) is 4.33. The minimum Gasteiger partial charge on any atom is -0.489 e. The minimum absolute atomic E-state index is 0.0464. The van der Waals surface area contributed by atoms with E-state index in [1.165, 1.54) is 0 Å². The molecule has 0 bridgehead atoms. The number of hydrogen-bond donors (Lipinski definition) is 4. The molecule has 1 aliphatic heterocycles. The van der Waals surface area contributed by atoms with Crippen molar-refractivity contribution in [3.8, 4) is 5.75 Å². The molecular weight excluding hydrogens is 264 g/mol. The van der Waals surface area contributed by atoms with Gasteiger partial charge in [0.05, 0.1) is 11.3 Å². The minimum atomic E-state index is -1.18. The molecule has 20 heavy (non-hydrogen) atoms. The lowest BCUT2D eigenvalue weighted by Crippen LogP contribution is -2.41. The second kappa shape index (κ2) is 6.25. The molecule has 108 valence electrons. The maximum atomic E-state index is 12.1. The van der Waals surface area contributed by atoms with E-state index in [-0.39, 0.29) is 18.6 Å². The molecule has 7 nitrogen and oxygen atoms in total. The van der Waals surface area contributed by atoms with E-state index in [1.54, 1.807) is 18.2 Å². The van der Waals surface area contributed by atoms with Crippen LogP contribution < -0.4 is 15.4 Å². The number of amides is 1. The molecule has 0 unspecified atom stereocenters. The maximum Gasteiger partial charge on any atom is 0.326 e. The molecule has 1 amide bonds. The van der Waals surface area contributed by atoms with Crippen LogP contribution in [-0.2, 0) is 4.79 Å². The number of hydrogen-bond acceptors (Lipinski definition) is 5. The highest BCUT2D eigenvalue weighted by Crippen LogP contribution is 2.31. The Labute approximate surface area is 115 Å². The Balaban J connectivity index is 2.19. The summed E-state index contributed by atoms with van der Waals surface area (Å²) < 4.78 is 5.46. The molecular formula is C13H16N2O5. The summed E-state index contributed by atoms with van der Waals surface area (Å²) in [5.74, 6) is -1.30. The van der Waals surface area contributed by atoms with Crippen molar-refractivity contribution in [2.75, 3.05) is 25.1 Å². The van der Waals surface area contributed by atoms with Crippen LogP contribution >= 0.6 is 0 Å². The zero-order valence-electron chi connectivity index (χ0n) is 10.8. The number of anilines is 1. The number of rotatable bonds is 5. The number of aliphatic carboxylic acids is 1. The predicted molar refractivity (Wildman–Crippen MR) is 71.0 cm³/mol. The topological polar surface area (TPSA) is 108 Å². The molecule has 1 atom stereocenters. The van der Waals surface area contributed by atoms with Gasteiger partial charge in [0.1, 0.15) is 12.6 Å². The van der Waals surface area contributed by atoms with Crippen LogP contribution in [0.15, 0.2) is 18.2 Å². The lowest BCUT2D eigenvalue weighted by molar-refractivity contribution is -0.139. The SMILES string of the molecule is O=C(N[C@H](CCO)C(=O)O)c1cccc2c1OCCN2. The van der Waals surface area contributed by atoms with Crippen molar-refractivity contribution >= 4 is 17.6 Å². The third-order valence-electron chi connectivity index (χ3n) is 2.94. The first kappa shape index (κ1) is 14.1. The largest absolute Gasteiger partial charge is 0.489 e. The number of carbonyl (C=O) groups is 2. The molecule has 0 radical (unpaired) electrons. The number of ether oxygens (including phenoxy) is 1. The standard InChI is InChI=1S/C13H16N2O5/c16-6-4-10(13(18)19)15-12(17)8-2-1-3-9-11(8)20-7-5-14-9/h1-3,10,14,16H,4-7H2,(H,15,17)(H,18,19)/t10-/m1/s1. The molecule has 7 heteroatoms.